The van der Waals surface area contributed by atoms with E-state index >= 15 is 0 Å². The predicted molar refractivity (Wildman–Crippen MR) is 99.0 cm³/mol. The summed E-state index contributed by atoms with van der Waals surface area (Å²) in [6, 6.07) is 13.0. The normalized spacial score (nSPS) is 16.3. The summed E-state index contributed by atoms with van der Waals surface area (Å²) in [6.45, 7) is 0.560. The van der Waals surface area contributed by atoms with Gasteiger partial charge < -0.3 is 14.4 Å². The van der Waals surface area contributed by atoms with Gasteiger partial charge in [0, 0.05) is 18.7 Å². The van der Waals surface area contributed by atoms with Crippen LogP contribution >= 0.6 is 0 Å². The van der Waals surface area contributed by atoms with Crippen molar-refractivity contribution in [2.75, 3.05) is 13.1 Å². The van der Waals surface area contributed by atoms with Crippen LogP contribution in [0.15, 0.2) is 59.1 Å². The van der Waals surface area contributed by atoms with Gasteiger partial charge in [-0.1, -0.05) is 24.3 Å². The molecule has 0 saturated carbocycles. The second-order valence-electron chi connectivity index (χ2n) is 6.63. The maximum absolute atomic E-state index is 14.0. The van der Waals surface area contributed by atoms with E-state index in [1.165, 1.54) is 17.2 Å². The maximum atomic E-state index is 14.0. The molecule has 1 aromatic heterocycles. The van der Waals surface area contributed by atoms with Crippen molar-refractivity contribution in [3.63, 3.8) is 0 Å². The zero-order valence-corrected chi connectivity index (χ0v) is 14.8. The maximum Gasteiger partial charge on any atom is 0.308 e. The van der Waals surface area contributed by atoms with Gasteiger partial charge in [0.05, 0.1) is 23.2 Å². The summed E-state index contributed by atoms with van der Waals surface area (Å²) in [6.07, 6.45) is 1.85. The summed E-state index contributed by atoms with van der Waals surface area (Å²) in [7, 11) is 0. The van der Waals surface area contributed by atoms with Gasteiger partial charge in [0.1, 0.15) is 5.82 Å². The zero-order chi connectivity index (χ0) is 19.7. The summed E-state index contributed by atoms with van der Waals surface area (Å²) in [5.74, 6) is -1.67. The number of aliphatic carboxylic acids is 1. The highest BCUT2D eigenvalue weighted by Crippen LogP contribution is 2.30. The Morgan fingerprint density at radius 3 is 2.54 bits per heavy atom. The molecule has 2 heterocycles. The Morgan fingerprint density at radius 1 is 1.11 bits per heavy atom. The fraction of sp³-hybridized carbons (Fsp3) is 0.190. The van der Waals surface area contributed by atoms with Gasteiger partial charge in [0.15, 0.2) is 5.76 Å². The van der Waals surface area contributed by atoms with Crippen LogP contribution in [-0.2, 0) is 4.79 Å². The van der Waals surface area contributed by atoms with Crippen LogP contribution in [-0.4, -0.2) is 40.0 Å². The third-order valence-corrected chi connectivity index (χ3v) is 4.86. The summed E-state index contributed by atoms with van der Waals surface area (Å²) in [5.41, 5.74) is 1.14. The average Bonchev–Trinajstić information content (AvgIpc) is 3.38. The summed E-state index contributed by atoms with van der Waals surface area (Å²) >= 11 is 0. The highest BCUT2D eigenvalue weighted by molar-refractivity contribution is 6.00. The Bertz CT molecular complexity index is 1050. The van der Waals surface area contributed by atoms with Crippen LogP contribution in [0.1, 0.15) is 16.8 Å². The third kappa shape index (κ3) is 3.26. The number of aromatic nitrogens is 1. The first-order valence-electron chi connectivity index (χ1n) is 8.87. The molecule has 1 atom stereocenters. The molecule has 2 aromatic carbocycles. The number of carboxylic acid groups (broad SMARTS) is 1. The van der Waals surface area contributed by atoms with Gasteiger partial charge >= 0.3 is 5.97 Å². The molecule has 0 spiro atoms. The lowest BCUT2D eigenvalue weighted by atomic mass is 10.1. The number of benzene rings is 2. The topological polar surface area (TPSA) is 83.6 Å². The quantitative estimate of drug-likeness (QED) is 0.746. The summed E-state index contributed by atoms with van der Waals surface area (Å²) < 4.78 is 19.7. The van der Waals surface area contributed by atoms with E-state index < -0.39 is 17.7 Å². The minimum atomic E-state index is -0.897. The molecule has 1 aliphatic rings. The fourth-order valence-electron chi connectivity index (χ4n) is 3.36. The number of rotatable bonds is 4. The number of oxazole rings is 1. The molecule has 28 heavy (non-hydrogen) atoms. The Labute approximate surface area is 160 Å². The van der Waals surface area contributed by atoms with Crippen molar-refractivity contribution in [3.05, 3.63) is 66.1 Å². The van der Waals surface area contributed by atoms with Gasteiger partial charge in [-0.3, -0.25) is 9.59 Å². The Kier molecular flexibility index (Phi) is 4.65. The Morgan fingerprint density at radius 2 is 1.82 bits per heavy atom. The van der Waals surface area contributed by atoms with E-state index in [-0.39, 0.29) is 29.7 Å². The van der Waals surface area contributed by atoms with E-state index in [2.05, 4.69) is 4.98 Å². The van der Waals surface area contributed by atoms with Crippen molar-refractivity contribution in [2.24, 2.45) is 5.92 Å². The van der Waals surface area contributed by atoms with Gasteiger partial charge in [-0.15, -0.1) is 0 Å². The number of carbonyl (C=O) groups excluding carboxylic acids is 1. The van der Waals surface area contributed by atoms with E-state index in [1.54, 1.807) is 42.5 Å². The molecule has 1 N–H and O–H groups in total. The molecule has 0 aliphatic carbocycles. The lowest BCUT2D eigenvalue weighted by molar-refractivity contribution is -0.141. The number of hydrogen-bond acceptors (Lipinski definition) is 4. The summed E-state index contributed by atoms with van der Waals surface area (Å²) in [4.78, 5) is 29.9. The van der Waals surface area contributed by atoms with Gasteiger partial charge in [-0.25, -0.2) is 9.37 Å². The molecule has 7 heteroatoms. The first kappa shape index (κ1) is 17.9. The van der Waals surface area contributed by atoms with E-state index in [1.807, 2.05) is 0 Å². The molecule has 1 saturated heterocycles. The van der Waals surface area contributed by atoms with E-state index in [9.17, 15) is 14.0 Å². The Balaban J connectivity index is 1.65. The van der Waals surface area contributed by atoms with Gasteiger partial charge in [0.2, 0.25) is 5.89 Å². The highest BCUT2D eigenvalue weighted by atomic mass is 19.1. The molecule has 0 radical (unpaired) electrons. The number of hydrogen-bond donors (Lipinski definition) is 1. The molecule has 0 unspecified atom stereocenters. The number of carbonyl (C=O) groups is 2. The van der Waals surface area contributed by atoms with Crippen LogP contribution in [0.2, 0.25) is 0 Å². The first-order chi connectivity index (χ1) is 13.5. The number of halogens is 1. The van der Waals surface area contributed by atoms with Gasteiger partial charge in [-0.2, -0.15) is 0 Å². The van der Waals surface area contributed by atoms with E-state index in [4.69, 9.17) is 9.52 Å². The zero-order valence-electron chi connectivity index (χ0n) is 14.8. The molecule has 1 fully saturated rings. The van der Waals surface area contributed by atoms with Crippen LogP contribution in [0.5, 0.6) is 0 Å². The highest BCUT2D eigenvalue weighted by Gasteiger charge is 2.32. The average molecular weight is 380 g/mol. The van der Waals surface area contributed by atoms with E-state index in [0.29, 0.717) is 24.1 Å². The van der Waals surface area contributed by atoms with Gasteiger partial charge in [0.25, 0.3) is 5.91 Å². The summed E-state index contributed by atoms with van der Waals surface area (Å²) in [5, 5.41) is 9.16. The molecule has 142 valence electrons. The van der Waals surface area contributed by atoms with Gasteiger partial charge in [-0.05, 0) is 30.7 Å². The van der Waals surface area contributed by atoms with Crippen molar-refractivity contribution < 1.29 is 23.5 Å². The lowest BCUT2D eigenvalue weighted by Gasteiger charge is -2.17. The van der Waals surface area contributed by atoms with Crippen molar-refractivity contribution >= 4 is 11.9 Å². The SMILES string of the molecule is O=C(O)[C@@H]1CCN(C(=O)c2ccccc2-c2ncc(-c3ccccc3F)o2)C1. The molecule has 4 rings (SSSR count). The first-order valence-corrected chi connectivity index (χ1v) is 8.87. The van der Waals surface area contributed by atoms with Crippen LogP contribution in [0.4, 0.5) is 4.39 Å². The second-order valence-corrected chi connectivity index (χ2v) is 6.63. The second kappa shape index (κ2) is 7.26. The molecule has 1 aliphatic heterocycles. The third-order valence-electron chi connectivity index (χ3n) is 4.86. The minimum absolute atomic E-state index is 0.175. The molecule has 3 aromatic rings. The van der Waals surface area contributed by atoms with Crippen molar-refractivity contribution in [1.29, 1.82) is 0 Å². The van der Waals surface area contributed by atoms with E-state index in [0.717, 1.165) is 0 Å². The van der Waals surface area contributed by atoms with Crippen molar-refractivity contribution in [3.8, 4) is 22.8 Å². The number of amides is 1. The predicted octanol–water partition coefficient (Wildman–Crippen LogP) is 3.69. The number of likely N-dealkylation sites (tertiary alicyclic amines) is 1. The fourth-order valence-corrected chi connectivity index (χ4v) is 3.36. The molecule has 0 bridgehead atoms. The molecular formula is C21H17FN2O4. The van der Waals surface area contributed by atoms with Crippen LogP contribution in [0.25, 0.3) is 22.8 Å². The van der Waals surface area contributed by atoms with Crippen LogP contribution < -0.4 is 0 Å². The van der Waals surface area contributed by atoms with Crippen molar-refractivity contribution in [2.45, 2.75) is 6.42 Å². The van der Waals surface area contributed by atoms with Crippen molar-refractivity contribution in [1.82, 2.24) is 9.88 Å². The van der Waals surface area contributed by atoms with Crippen LogP contribution in [0, 0.1) is 11.7 Å². The molecular weight excluding hydrogens is 363 g/mol. The number of nitrogens with zero attached hydrogens (tertiary/aromatic N) is 2. The van der Waals surface area contributed by atoms with Crippen LogP contribution in [0.3, 0.4) is 0 Å². The monoisotopic (exact) mass is 380 g/mol. The smallest absolute Gasteiger partial charge is 0.308 e. The lowest BCUT2D eigenvalue weighted by Crippen LogP contribution is -2.30. The largest absolute Gasteiger partial charge is 0.481 e. The number of carboxylic acids is 1. The molecule has 1 amide bonds. The standard InChI is InChI=1S/C21H17FN2O4/c22-17-8-4-3-7-16(17)18-11-23-19(28-18)14-5-1-2-6-15(14)20(25)24-10-9-13(12-24)21(26)27/h1-8,11,13H,9-10,12H2,(H,26,27)/t13-/m1/s1. The minimum Gasteiger partial charge on any atom is -0.481 e. The molecule has 6 nitrogen and oxygen atoms in total. The Hall–Kier alpha value is -3.48.